The Hall–Kier alpha value is -1.67. The topological polar surface area (TPSA) is 88.6 Å². The van der Waals surface area contributed by atoms with E-state index < -0.39 is 16.3 Å². The largest absolute Gasteiger partial charge is 0.447 e. The normalized spacial score (nSPS) is 16.0. The fourth-order valence-electron chi connectivity index (χ4n) is 1.34. The molecule has 0 saturated carbocycles. The molecule has 1 aliphatic heterocycles. The van der Waals surface area contributed by atoms with Crippen LogP contribution in [0.25, 0.3) is 0 Å². The monoisotopic (exact) mass is 257 g/mol. The first-order valence-corrected chi connectivity index (χ1v) is 6.37. The van der Waals surface area contributed by atoms with Gasteiger partial charge in [0, 0.05) is 6.20 Å². The van der Waals surface area contributed by atoms with E-state index in [-0.39, 0.29) is 19.7 Å². The Morgan fingerprint density at radius 3 is 2.88 bits per heavy atom. The third kappa shape index (κ3) is 2.71. The van der Waals surface area contributed by atoms with Gasteiger partial charge in [-0.25, -0.2) is 4.79 Å². The van der Waals surface area contributed by atoms with Gasteiger partial charge in [-0.05, 0) is 12.1 Å². The summed E-state index contributed by atoms with van der Waals surface area (Å²) in [5, 5.41) is 0. The number of ether oxygens (including phenoxy) is 1. The zero-order chi connectivity index (χ0) is 12.3. The van der Waals surface area contributed by atoms with E-state index in [2.05, 4.69) is 14.4 Å². The van der Waals surface area contributed by atoms with Crippen molar-refractivity contribution in [3.8, 4) is 0 Å². The molecule has 1 aromatic rings. The molecule has 1 aliphatic rings. The molecule has 0 unspecified atom stereocenters. The van der Waals surface area contributed by atoms with Gasteiger partial charge in [-0.1, -0.05) is 6.07 Å². The molecule has 0 aliphatic carbocycles. The number of carbonyl (C=O) groups is 1. The lowest BCUT2D eigenvalue weighted by atomic mass is 10.4. The van der Waals surface area contributed by atoms with Crippen molar-refractivity contribution >= 4 is 16.3 Å². The van der Waals surface area contributed by atoms with Crippen LogP contribution >= 0.6 is 0 Å². The summed E-state index contributed by atoms with van der Waals surface area (Å²) in [6, 6.07) is 5.17. The third-order valence-corrected chi connectivity index (χ3v) is 3.60. The molecule has 0 bridgehead atoms. The molecular formula is C9H11N3O4S. The zero-order valence-corrected chi connectivity index (χ0v) is 9.68. The predicted octanol–water partition coefficient (Wildman–Crippen LogP) is -0.132. The van der Waals surface area contributed by atoms with Crippen LogP contribution in [-0.2, 0) is 21.5 Å². The van der Waals surface area contributed by atoms with E-state index in [0.29, 0.717) is 10.00 Å². The Morgan fingerprint density at radius 1 is 1.47 bits per heavy atom. The van der Waals surface area contributed by atoms with Crippen molar-refractivity contribution in [2.75, 3.05) is 13.2 Å². The fraction of sp³-hybridized carbons (Fsp3) is 0.333. The minimum absolute atomic E-state index is 0.0347. The minimum Gasteiger partial charge on any atom is -0.447 e. The molecular weight excluding hydrogens is 246 g/mol. The highest BCUT2D eigenvalue weighted by Crippen LogP contribution is 2.08. The number of nitrogens with one attached hydrogen (secondary N) is 1. The molecule has 0 radical (unpaired) electrons. The Balaban J connectivity index is 2.01. The molecule has 8 heteroatoms. The van der Waals surface area contributed by atoms with Gasteiger partial charge in [0.2, 0.25) is 0 Å². The summed E-state index contributed by atoms with van der Waals surface area (Å²) in [5.74, 6) is 0. The number of rotatable bonds is 4. The second-order valence-electron chi connectivity index (χ2n) is 3.33. The van der Waals surface area contributed by atoms with Crippen molar-refractivity contribution in [3.05, 3.63) is 30.1 Å². The molecule has 17 heavy (non-hydrogen) atoms. The molecule has 1 fully saturated rings. The minimum atomic E-state index is -3.84. The highest BCUT2D eigenvalue weighted by atomic mass is 32.2. The lowest BCUT2D eigenvalue weighted by Crippen LogP contribution is -2.40. The molecule has 1 amide bonds. The molecule has 0 atom stereocenters. The quantitative estimate of drug-likeness (QED) is 0.811. The smallest absolute Gasteiger partial charge is 0.424 e. The highest BCUT2D eigenvalue weighted by Gasteiger charge is 2.33. The van der Waals surface area contributed by atoms with Crippen LogP contribution in [0.1, 0.15) is 5.69 Å². The maximum atomic E-state index is 11.7. The van der Waals surface area contributed by atoms with E-state index in [0.717, 1.165) is 0 Å². The summed E-state index contributed by atoms with van der Waals surface area (Å²) in [5.41, 5.74) is 0.573. The van der Waals surface area contributed by atoms with Crippen LogP contribution in [-0.4, -0.2) is 37.0 Å². The molecule has 1 aromatic heterocycles. The lowest BCUT2D eigenvalue weighted by molar-refractivity contribution is 0.169. The Bertz CT molecular complexity index is 502. The summed E-state index contributed by atoms with van der Waals surface area (Å²) in [6.07, 6.45) is 0.715. The van der Waals surface area contributed by atoms with Crippen LogP contribution in [0.5, 0.6) is 0 Å². The van der Waals surface area contributed by atoms with Gasteiger partial charge >= 0.3 is 16.3 Å². The van der Waals surface area contributed by atoms with Crippen LogP contribution in [0.2, 0.25) is 0 Å². The summed E-state index contributed by atoms with van der Waals surface area (Å²) < 4.78 is 30.9. The van der Waals surface area contributed by atoms with Crippen molar-refractivity contribution in [1.82, 2.24) is 14.0 Å². The standard InChI is InChI=1S/C9H11N3O4S/c13-9-12(5-6-16-9)17(14,15)11-7-8-3-1-2-4-10-8/h1-4,11H,5-7H2. The Kier molecular flexibility index (Phi) is 3.25. The number of aromatic nitrogens is 1. The summed E-state index contributed by atoms with van der Waals surface area (Å²) in [7, 11) is -3.84. The van der Waals surface area contributed by atoms with Crippen LogP contribution in [0, 0.1) is 0 Å². The van der Waals surface area contributed by atoms with Gasteiger partial charge in [0.05, 0.1) is 18.8 Å². The maximum Gasteiger partial charge on any atom is 0.424 e. The van der Waals surface area contributed by atoms with Gasteiger partial charge in [-0.3, -0.25) is 4.98 Å². The van der Waals surface area contributed by atoms with Crippen LogP contribution in [0.4, 0.5) is 4.79 Å². The van der Waals surface area contributed by atoms with Crippen molar-refractivity contribution in [2.24, 2.45) is 0 Å². The van der Waals surface area contributed by atoms with Gasteiger partial charge in [0.15, 0.2) is 0 Å². The Labute approximate surface area is 98.6 Å². The lowest BCUT2D eigenvalue weighted by Gasteiger charge is -2.13. The summed E-state index contributed by atoms with van der Waals surface area (Å²) >= 11 is 0. The molecule has 2 heterocycles. The predicted molar refractivity (Wildman–Crippen MR) is 58.1 cm³/mol. The van der Waals surface area contributed by atoms with Crippen molar-refractivity contribution in [3.63, 3.8) is 0 Å². The van der Waals surface area contributed by atoms with Crippen LogP contribution < -0.4 is 4.72 Å². The van der Waals surface area contributed by atoms with Gasteiger partial charge < -0.3 is 4.74 Å². The van der Waals surface area contributed by atoms with E-state index >= 15 is 0 Å². The Morgan fingerprint density at radius 2 is 2.29 bits per heavy atom. The zero-order valence-electron chi connectivity index (χ0n) is 8.87. The number of pyridine rings is 1. The first-order chi connectivity index (χ1) is 8.09. The number of nitrogens with zero attached hydrogens (tertiary/aromatic N) is 2. The number of cyclic esters (lactones) is 1. The second-order valence-corrected chi connectivity index (χ2v) is 5.01. The molecule has 0 spiro atoms. The van der Waals surface area contributed by atoms with Gasteiger partial charge in [-0.15, -0.1) is 0 Å². The first kappa shape index (κ1) is 11.8. The molecule has 1 saturated heterocycles. The third-order valence-electron chi connectivity index (χ3n) is 2.18. The van der Waals surface area contributed by atoms with E-state index in [1.807, 2.05) is 0 Å². The average molecular weight is 257 g/mol. The SMILES string of the molecule is O=C1OCCN1S(=O)(=O)NCc1ccccn1. The van der Waals surface area contributed by atoms with E-state index in [1.165, 1.54) is 0 Å². The van der Waals surface area contributed by atoms with E-state index in [1.54, 1.807) is 24.4 Å². The molecule has 1 N–H and O–H groups in total. The van der Waals surface area contributed by atoms with Gasteiger partial charge in [-0.2, -0.15) is 17.4 Å². The van der Waals surface area contributed by atoms with E-state index in [9.17, 15) is 13.2 Å². The molecule has 0 aromatic carbocycles. The van der Waals surface area contributed by atoms with Crippen molar-refractivity contribution in [2.45, 2.75) is 6.54 Å². The number of amides is 1. The fourth-order valence-corrected chi connectivity index (χ4v) is 2.39. The summed E-state index contributed by atoms with van der Waals surface area (Å²) in [6.45, 7) is 0.159. The number of carbonyl (C=O) groups excluding carboxylic acids is 1. The van der Waals surface area contributed by atoms with Gasteiger partial charge in [0.25, 0.3) is 0 Å². The first-order valence-electron chi connectivity index (χ1n) is 4.93. The van der Waals surface area contributed by atoms with Crippen molar-refractivity contribution < 1.29 is 17.9 Å². The number of hydrogen-bond donors (Lipinski definition) is 1. The van der Waals surface area contributed by atoms with Crippen molar-refractivity contribution in [1.29, 1.82) is 0 Å². The van der Waals surface area contributed by atoms with E-state index in [4.69, 9.17) is 0 Å². The van der Waals surface area contributed by atoms with Crippen LogP contribution in [0.3, 0.4) is 0 Å². The second kappa shape index (κ2) is 4.68. The summed E-state index contributed by atoms with van der Waals surface area (Å²) in [4.78, 5) is 15.1. The highest BCUT2D eigenvalue weighted by molar-refractivity contribution is 7.87. The molecule has 7 nitrogen and oxygen atoms in total. The van der Waals surface area contributed by atoms with Gasteiger partial charge in [0.1, 0.15) is 6.61 Å². The number of hydrogen-bond acceptors (Lipinski definition) is 5. The molecule has 92 valence electrons. The average Bonchev–Trinajstić information content (AvgIpc) is 2.75. The van der Waals surface area contributed by atoms with Crippen LogP contribution in [0.15, 0.2) is 24.4 Å². The molecule has 2 rings (SSSR count). The maximum absolute atomic E-state index is 11.7.